The number of pyridine rings is 2. The third kappa shape index (κ3) is 2.46. The number of hydrogen-bond donors (Lipinski definition) is 1. The molecule has 1 N–H and O–H groups in total. The Morgan fingerprint density at radius 3 is 2.88 bits per heavy atom. The van der Waals surface area contributed by atoms with Gasteiger partial charge in [-0.3, -0.25) is 14.9 Å². The third-order valence-electron chi connectivity index (χ3n) is 5.97. The molecular formula is C21H24N4O. The van der Waals surface area contributed by atoms with Crippen LogP contribution in [0.2, 0.25) is 0 Å². The van der Waals surface area contributed by atoms with Crippen molar-refractivity contribution < 1.29 is 5.11 Å². The minimum Gasteiger partial charge on any atom is -0.387 e. The van der Waals surface area contributed by atoms with Crippen molar-refractivity contribution in [2.75, 3.05) is 13.1 Å². The molecule has 0 bridgehead atoms. The molecule has 2 aliphatic rings. The molecule has 3 aromatic heterocycles. The summed E-state index contributed by atoms with van der Waals surface area (Å²) < 4.78 is 2.32. The van der Waals surface area contributed by atoms with E-state index >= 15 is 0 Å². The van der Waals surface area contributed by atoms with Crippen LogP contribution in [0.4, 0.5) is 0 Å². The van der Waals surface area contributed by atoms with Crippen molar-refractivity contribution in [2.24, 2.45) is 0 Å². The lowest BCUT2D eigenvalue weighted by atomic mass is 9.98. The first-order valence-electron chi connectivity index (χ1n) is 9.53. The minimum absolute atomic E-state index is 0.495. The fourth-order valence-electron chi connectivity index (χ4n) is 4.76. The van der Waals surface area contributed by atoms with Gasteiger partial charge in [0.1, 0.15) is 0 Å². The van der Waals surface area contributed by atoms with Gasteiger partial charge >= 0.3 is 0 Å². The van der Waals surface area contributed by atoms with E-state index in [4.69, 9.17) is 4.98 Å². The van der Waals surface area contributed by atoms with Gasteiger partial charge in [-0.25, -0.2) is 0 Å². The summed E-state index contributed by atoms with van der Waals surface area (Å²) in [4.78, 5) is 11.6. The van der Waals surface area contributed by atoms with Crippen LogP contribution in [0.5, 0.6) is 0 Å². The second-order valence-corrected chi connectivity index (χ2v) is 7.53. The lowest BCUT2D eigenvalue weighted by molar-refractivity contribution is 0.155. The number of fused-ring (bicyclic) bond motifs is 5. The number of nitrogens with zero attached hydrogens (tertiary/aromatic N) is 4. The third-order valence-corrected chi connectivity index (χ3v) is 5.97. The minimum atomic E-state index is -0.541. The Kier molecular flexibility index (Phi) is 3.80. The maximum absolute atomic E-state index is 10.8. The van der Waals surface area contributed by atoms with Crippen LogP contribution in [0.1, 0.15) is 47.5 Å². The molecule has 2 atom stereocenters. The molecule has 134 valence electrons. The van der Waals surface area contributed by atoms with Crippen molar-refractivity contribution in [3.63, 3.8) is 0 Å². The van der Waals surface area contributed by atoms with Crippen molar-refractivity contribution in [1.82, 2.24) is 19.4 Å². The highest BCUT2D eigenvalue weighted by Crippen LogP contribution is 2.42. The van der Waals surface area contributed by atoms with Gasteiger partial charge in [-0.15, -0.1) is 0 Å². The fourth-order valence-corrected chi connectivity index (χ4v) is 4.76. The van der Waals surface area contributed by atoms with Gasteiger partial charge < -0.3 is 9.67 Å². The van der Waals surface area contributed by atoms with Gasteiger partial charge in [0.05, 0.1) is 23.7 Å². The van der Waals surface area contributed by atoms with Crippen LogP contribution < -0.4 is 0 Å². The molecule has 0 saturated carbocycles. The summed E-state index contributed by atoms with van der Waals surface area (Å²) in [5, 5.41) is 10.8. The fraction of sp³-hybridized carbons (Fsp3) is 0.429. The van der Waals surface area contributed by atoms with Gasteiger partial charge in [-0.2, -0.15) is 0 Å². The van der Waals surface area contributed by atoms with Gasteiger partial charge in [-0.1, -0.05) is 0 Å². The monoisotopic (exact) mass is 348 g/mol. The van der Waals surface area contributed by atoms with Crippen LogP contribution in [0.15, 0.2) is 36.7 Å². The molecule has 0 spiro atoms. The first kappa shape index (κ1) is 16.0. The topological polar surface area (TPSA) is 54.2 Å². The smallest absolute Gasteiger partial charge is 0.0970 e. The molecule has 2 aliphatic heterocycles. The highest BCUT2D eigenvalue weighted by Gasteiger charge is 2.36. The Bertz CT molecular complexity index is 950. The van der Waals surface area contributed by atoms with Gasteiger partial charge in [0, 0.05) is 48.4 Å². The maximum Gasteiger partial charge on any atom is 0.0970 e. The van der Waals surface area contributed by atoms with Crippen LogP contribution in [0, 0.1) is 6.92 Å². The van der Waals surface area contributed by atoms with Gasteiger partial charge in [0.15, 0.2) is 0 Å². The van der Waals surface area contributed by atoms with Crippen molar-refractivity contribution in [2.45, 2.75) is 44.9 Å². The Morgan fingerprint density at radius 1 is 1.19 bits per heavy atom. The number of aliphatic hydroxyl groups excluding tert-OH is 1. The van der Waals surface area contributed by atoms with E-state index in [1.54, 1.807) is 12.4 Å². The Hall–Kier alpha value is -2.24. The standard InChI is InChI=1S/C21H24N4O/c1-14-4-5-18-21(23-14)20-16-3-2-11-24(16)12-8-17(20)25(18)13-19(26)15-6-9-22-10-7-15/h4-7,9-10,16,19,26H,2-3,8,11-13H2,1H3. The average Bonchev–Trinajstić information content (AvgIpc) is 3.25. The highest BCUT2D eigenvalue weighted by molar-refractivity contribution is 5.83. The van der Waals surface area contributed by atoms with Gasteiger partial charge in [0.2, 0.25) is 0 Å². The summed E-state index contributed by atoms with van der Waals surface area (Å²) >= 11 is 0. The molecule has 2 unspecified atom stereocenters. The summed E-state index contributed by atoms with van der Waals surface area (Å²) in [6.45, 7) is 4.93. The molecule has 0 aromatic carbocycles. The lowest BCUT2D eigenvalue weighted by Gasteiger charge is -2.31. The SMILES string of the molecule is Cc1ccc2c(n1)c1c(n2CC(O)c2ccncc2)CCN2CCCC12. The van der Waals surface area contributed by atoms with E-state index in [1.807, 2.05) is 12.1 Å². The molecule has 26 heavy (non-hydrogen) atoms. The summed E-state index contributed by atoms with van der Waals surface area (Å²) in [5.41, 5.74) is 7.04. The summed E-state index contributed by atoms with van der Waals surface area (Å²) in [7, 11) is 0. The highest BCUT2D eigenvalue weighted by atomic mass is 16.3. The average molecular weight is 348 g/mol. The predicted molar refractivity (Wildman–Crippen MR) is 101 cm³/mol. The molecule has 5 heteroatoms. The number of aliphatic hydroxyl groups is 1. The Labute approximate surface area is 153 Å². The predicted octanol–water partition coefficient (Wildman–Crippen LogP) is 3.17. The number of hydrogen-bond acceptors (Lipinski definition) is 4. The van der Waals surface area contributed by atoms with E-state index in [0.29, 0.717) is 12.6 Å². The molecule has 0 radical (unpaired) electrons. The lowest BCUT2D eigenvalue weighted by Crippen LogP contribution is -2.31. The summed E-state index contributed by atoms with van der Waals surface area (Å²) in [6.07, 6.45) is 6.45. The van der Waals surface area contributed by atoms with E-state index in [1.165, 1.54) is 30.6 Å². The van der Waals surface area contributed by atoms with Crippen LogP contribution in [-0.4, -0.2) is 37.6 Å². The Balaban J connectivity index is 1.64. The van der Waals surface area contributed by atoms with Crippen LogP contribution >= 0.6 is 0 Å². The molecule has 0 aliphatic carbocycles. The van der Waals surface area contributed by atoms with Crippen molar-refractivity contribution in [1.29, 1.82) is 0 Å². The first-order chi connectivity index (χ1) is 12.7. The van der Waals surface area contributed by atoms with E-state index in [0.717, 1.165) is 35.3 Å². The summed E-state index contributed by atoms with van der Waals surface area (Å²) in [6, 6.07) is 8.53. The largest absolute Gasteiger partial charge is 0.387 e. The molecule has 5 nitrogen and oxygen atoms in total. The van der Waals surface area contributed by atoms with Crippen LogP contribution in [0.3, 0.4) is 0 Å². The zero-order chi connectivity index (χ0) is 17.7. The van der Waals surface area contributed by atoms with E-state index in [2.05, 4.69) is 33.5 Å². The number of aromatic nitrogens is 3. The normalized spacial score (nSPS) is 20.9. The Morgan fingerprint density at radius 2 is 2.04 bits per heavy atom. The molecule has 5 heterocycles. The van der Waals surface area contributed by atoms with Crippen LogP contribution in [0.25, 0.3) is 11.0 Å². The molecule has 5 rings (SSSR count). The first-order valence-corrected chi connectivity index (χ1v) is 9.53. The summed E-state index contributed by atoms with van der Waals surface area (Å²) in [5.74, 6) is 0. The zero-order valence-corrected chi connectivity index (χ0v) is 15.1. The molecule has 0 amide bonds. The zero-order valence-electron chi connectivity index (χ0n) is 15.1. The number of aryl methyl sites for hydroxylation is 1. The molecule has 1 fully saturated rings. The van der Waals surface area contributed by atoms with Crippen molar-refractivity contribution >= 4 is 11.0 Å². The quantitative estimate of drug-likeness (QED) is 0.790. The van der Waals surface area contributed by atoms with E-state index < -0.39 is 6.10 Å². The van der Waals surface area contributed by atoms with Crippen LogP contribution in [-0.2, 0) is 13.0 Å². The van der Waals surface area contributed by atoms with Gasteiger partial charge in [0.25, 0.3) is 0 Å². The van der Waals surface area contributed by atoms with Gasteiger partial charge in [-0.05, 0) is 56.1 Å². The molecule has 3 aromatic rings. The molecular weight excluding hydrogens is 324 g/mol. The maximum atomic E-state index is 10.8. The van der Waals surface area contributed by atoms with Crippen molar-refractivity contribution in [3.05, 3.63) is 59.2 Å². The second kappa shape index (κ2) is 6.18. The number of rotatable bonds is 3. The van der Waals surface area contributed by atoms with E-state index in [-0.39, 0.29) is 0 Å². The molecule has 1 saturated heterocycles. The van der Waals surface area contributed by atoms with Crippen molar-refractivity contribution in [3.8, 4) is 0 Å². The van der Waals surface area contributed by atoms with E-state index in [9.17, 15) is 5.11 Å². The second-order valence-electron chi connectivity index (χ2n) is 7.53.